The zero-order valence-corrected chi connectivity index (χ0v) is 12.7. The molecule has 1 heterocycles. The van der Waals surface area contributed by atoms with Crippen LogP contribution in [0.3, 0.4) is 0 Å². The third-order valence-electron chi connectivity index (χ3n) is 3.89. The van der Waals surface area contributed by atoms with E-state index in [9.17, 15) is 4.79 Å². The lowest BCUT2D eigenvalue weighted by molar-refractivity contribution is -0.124. The van der Waals surface area contributed by atoms with Crippen LogP contribution in [0, 0.1) is 5.92 Å². The molecule has 0 bridgehead atoms. The molecule has 1 saturated heterocycles. The zero-order valence-electron chi connectivity index (χ0n) is 11.1. The van der Waals surface area contributed by atoms with Crippen LogP contribution in [0.15, 0.2) is 22.7 Å². The lowest BCUT2D eigenvalue weighted by Gasteiger charge is -2.37. The van der Waals surface area contributed by atoms with Crippen molar-refractivity contribution in [3.05, 3.63) is 28.2 Å². The summed E-state index contributed by atoms with van der Waals surface area (Å²) in [5, 5.41) is 0. The summed E-state index contributed by atoms with van der Waals surface area (Å²) in [6.07, 6.45) is 1.90. The summed E-state index contributed by atoms with van der Waals surface area (Å²) in [5.41, 5.74) is 13.3. The minimum atomic E-state index is -0.194. The van der Waals surface area contributed by atoms with Crippen molar-refractivity contribution in [2.45, 2.75) is 32.4 Å². The van der Waals surface area contributed by atoms with E-state index >= 15 is 0 Å². The number of anilines is 1. The Bertz CT molecular complexity index is 478. The quantitative estimate of drug-likeness (QED) is 0.836. The maximum absolute atomic E-state index is 11.3. The van der Waals surface area contributed by atoms with Crippen LogP contribution in [-0.4, -0.2) is 23.4 Å². The van der Waals surface area contributed by atoms with Crippen LogP contribution in [0.2, 0.25) is 0 Å². The van der Waals surface area contributed by atoms with Crippen LogP contribution in [-0.2, 0) is 11.3 Å². The monoisotopic (exact) mass is 325 g/mol. The molecule has 2 atom stereocenters. The van der Waals surface area contributed by atoms with Gasteiger partial charge in [-0.15, -0.1) is 0 Å². The van der Waals surface area contributed by atoms with Crippen LogP contribution >= 0.6 is 15.9 Å². The number of hydrogen-bond acceptors (Lipinski definition) is 3. The number of benzene rings is 1. The summed E-state index contributed by atoms with van der Waals surface area (Å²) < 4.78 is 0.982. The molecule has 0 aliphatic carbocycles. The summed E-state index contributed by atoms with van der Waals surface area (Å²) in [5.74, 6) is -0.228. The van der Waals surface area contributed by atoms with E-state index in [0.29, 0.717) is 6.04 Å². The molecule has 5 heteroatoms. The molecule has 2 unspecified atom stereocenters. The number of carbonyl (C=O) groups excluding carboxylic acids is 1. The van der Waals surface area contributed by atoms with Gasteiger partial charge in [0, 0.05) is 29.3 Å². The van der Waals surface area contributed by atoms with Gasteiger partial charge in [0.15, 0.2) is 0 Å². The van der Waals surface area contributed by atoms with Crippen molar-refractivity contribution in [2.75, 3.05) is 12.3 Å². The SMILES string of the molecule is CC1CCC(C(N)=O)CN1Cc1ccc(Br)cc1N. The topological polar surface area (TPSA) is 72.4 Å². The molecule has 19 heavy (non-hydrogen) atoms. The van der Waals surface area contributed by atoms with Crippen LogP contribution in [0.4, 0.5) is 5.69 Å². The Labute approximate surface area is 122 Å². The minimum Gasteiger partial charge on any atom is -0.398 e. The van der Waals surface area contributed by atoms with E-state index in [-0.39, 0.29) is 11.8 Å². The Morgan fingerprint density at radius 2 is 2.21 bits per heavy atom. The number of primary amides is 1. The molecule has 0 radical (unpaired) electrons. The average Bonchev–Trinajstić information content (AvgIpc) is 2.34. The Balaban J connectivity index is 2.09. The molecule has 1 amide bonds. The smallest absolute Gasteiger partial charge is 0.221 e. The van der Waals surface area contributed by atoms with Gasteiger partial charge in [-0.2, -0.15) is 0 Å². The second kappa shape index (κ2) is 5.92. The highest BCUT2D eigenvalue weighted by Gasteiger charge is 2.28. The molecule has 1 aromatic carbocycles. The number of hydrogen-bond donors (Lipinski definition) is 2. The maximum Gasteiger partial charge on any atom is 0.221 e. The van der Waals surface area contributed by atoms with Gasteiger partial charge in [-0.3, -0.25) is 9.69 Å². The Hall–Kier alpha value is -1.07. The first-order valence-electron chi connectivity index (χ1n) is 6.54. The fourth-order valence-corrected chi connectivity index (χ4v) is 2.94. The Morgan fingerprint density at radius 1 is 1.47 bits per heavy atom. The summed E-state index contributed by atoms with van der Waals surface area (Å²) in [6.45, 7) is 3.68. The predicted molar refractivity (Wildman–Crippen MR) is 80.3 cm³/mol. The van der Waals surface area contributed by atoms with Crippen molar-refractivity contribution in [2.24, 2.45) is 11.7 Å². The number of amides is 1. The fraction of sp³-hybridized carbons (Fsp3) is 0.500. The third-order valence-corrected chi connectivity index (χ3v) is 4.39. The molecular formula is C14H20BrN3O. The molecule has 0 spiro atoms. The van der Waals surface area contributed by atoms with Crippen molar-refractivity contribution in [1.29, 1.82) is 0 Å². The molecule has 0 aromatic heterocycles. The maximum atomic E-state index is 11.3. The number of nitrogen functional groups attached to an aromatic ring is 1. The molecule has 2 rings (SSSR count). The van der Waals surface area contributed by atoms with Gasteiger partial charge in [0.05, 0.1) is 5.92 Å². The molecule has 1 aliphatic heterocycles. The van der Waals surface area contributed by atoms with E-state index in [1.54, 1.807) is 0 Å². The van der Waals surface area contributed by atoms with Crippen molar-refractivity contribution < 1.29 is 4.79 Å². The van der Waals surface area contributed by atoms with Crippen LogP contribution in [0.5, 0.6) is 0 Å². The van der Waals surface area contributed by atoms with E-state index in [1.807, 2.05) is 18.2 Å². The predicted octanol–water partition coefficient (Wildman–Crippen LogP) is 2.12. The van der Waals surface area contributed by atoms with E-state index in [0.717, 1.165) is 41.7 Å². The highest BCUT2D eigenvalue weighted by Crippen LogP contribution is 2.26. The molecule has 104 valence electrons. The second-order valence-electron chi connectivity index (χ2n) is 5.30. The van der Waals surface area contributed by atoms with Crippen LogP contribution in [0.25, 0.3) is 0 Å². The average molecular weight is 326 g/mol. The van der Waals surface area contributed by atoms with Gasteiger partial charge in [0.2, 0.25) is 5.91 Å². The lowest BCUT2D eigenvalue weighted by atomic mass is 9.92. The molecule has 1 aliphatic rings. The standard InChI is InChI=1S/C14H20BrN3O/c1-9-2-3-11(14(17)19)8-18(9)7-10-4-5-12(15)6-13(10)16/h4-6,9,11H,2-3,7-8,16H2,1H3,(H2,17,19). The normalized spacial score (nSPS) is 24.3. The molecular weight excluding hydrogens is 306 g/mol. The summed E-state index contributed by atoms with van der Waals surface area (Å²) >= 11 is 3.41. The first-order valence-corrected chi connectivity index (χ1v) is 7.34. The Kier molecular flexibility index (Phi) is 4.47. The van der Waals surface area contributed by atoms with Crippen molar-refractivity contribution in [1.82, 2.24) is 4.90 Å². The second-order valence-corrected chi connectivity index (χ2v) is 6.21. The van der Waals surface area contributed by atoms with Crippen LogP contribution in [0.1, 0.15) is 25.3 Å². The largest absolute Gasteiger partial charge is 0.398 e. The number of likely N-dealkylation sites (tertiary alicyclic amines) is 1. The number of piperidine rings is 1. The number of nitrogens with two attached hydrogens (primary N) is 2. The number of carbonyl (C=O) groups is 1. The van der Waals surface area contributed by atoms with Gasteiger partial charge in [-0.1, -0.05) is 22.0 Å². The van der Waals surface area contributed by atoms with Crippen LogP contribution < -0.4 is 11.5 Å². The number of nitrogens with zero attached hydrogens (tertiary/aromatic N) is 1. The molecule has 4 N–H and O–H groups in total. The van der Waals surface area contributed by atoms with Crippen molar-refractivity contribution >= 4 is 27.5 Å². The third kappa shape index (κ3) is 3.48. The Morgan fingerprint density at radius 3 is 2.84 bits per heavy atom. The molecule has 0 saturated carbocycles. The first-order chi connectivity index (χ1) is 8.97. The van der Waals surface area contributed by atoms with E-state index in [4.69, 9.17) is 11.5 Å². The molecule has 1 aromatic rings. The number of halogens is 1. The summed E-state index contributed by atoms with van der Waals surface area (Å²) in [7, 11) is 0. The van der Waals surface area contributed by atoms with Crippen molar-refractivity contribution in [3.63, 3.8) is 0 Å². The minimum absolute atomic E-state index is 0.0344. The van der Waals surface area contributed by atoms with E-state index in [2.05, 4.69) is 27.8 Å². The first kappa shape index (κ1) is 14.3. The zero-order chi connectivity index (χ0) is 14.0. The van der Waals surface area contributed by atoms with Gasteiger partial charge >= 0.3 is 0 Å². The lowest BCUT2D eigenvalue weighted by Crippen LogP contribution is -2.45. The van der Waals surface area contributed by atoms with Gasteiger partial charge in [0.1, 0.15) is 0 Å². The van der Waals surface area contributed by atoms with Gasteiger partial charge in [0.25, 0.3) is 0 Å². The van der Waals surface area contributed by atoms with Gasteiger partial charge in [-0.25, -0.2) is 0 Å². The summed E-state index contributed by atoms with van der Waals surface area (Å²) in [6, 6.07) is 6.39. The van der Waals surface area contributed by atoms with E-state index < -0.39 is 0 Å². The molecule has 1 fully saturated rings. The van der Waals surface area contributed by atoms with Crippen molar-refractivity contribution in [3.8, 4) is 0 Å². The highest BCUT2D eigenvalue weighted by atomic mass is 79.9. The van der Waals surface area contributed by atoms with E-state index in [1.165, 1.54) is 0 Å². The number of rotatable bonds is 3. The van der Waals surface area contributed by atoms with Gasteiger partial charge < -0.3 is 11.5 Å². The van der Waals surface area contributed by atoms with Gasteiger partial charge in [-0.05, 0) is 37.5 Å². The summed E-state index contributed by atoms with van der Waals surface area (Å²) in [4.78, 5) is 13.6. The highest BCUT2D eigenvalue weighted by molar-refractivity contribution is 9.10. The molecule has 4 nitrogen and oxygen atoms in total. The fourth-order valence-electron chi connectivity index (χ4n) is 2.56.